The van der Waals surface area contributed by atoms with Gasteiger partial charge in [-0.3, -0.25) is 14.0 Å². The van der Waals surface area contributed by atoms with E-state index in [2.05, 4.69) is 15.5 Å². The summed E-state index contributed by atoms with van der Waals surface area (Å²) in [7, 11) is 3.50. The van der Waals surface area contributed by atoms with Crippen LogP contribution in [0.3, 0.4) is 0 Å². The first-order chi connectivity index (χ1) is 12.5. The minimum Gasteiger partial charge on any atom is -0.352 e. The molecule has 2 heterocycles. The smallest absolute Gasteiger partial charge is 0.252 e. The van der Waals surface area contributed by atoms with Crippen molar-refractivity contribution in [3.63, 3.8) is 0 Å². The van der Waals surface area contributed by atoms with Crippen molar-refractivity contribution in [2.45, 2.75) is 12.8 Å². The van der Waals surface area contributed by atoms with Crippen molar-refractivity contribution in [1.29, 1.82) is 0 Å². The van der Waals surface area contributed by atoms with E-state index >= 15 is 0 Å². The molecular weight excluding hydrogens is 330 g/mol. The van der Waals surface area contributed by atoms with Gasteiger partial charge in [-0.25, -0.2) is 0 Å². The van der Waals surface area contributed by atoms with Crippen LogP contribution in [0.1, 0.15) is 21.5 Å². The van der Waals surface area contributed by atoms with E-state index in [1.54, 1.807) is 48.1 Å². The number of fused-ring (bicyclic) bond motifs is 1. The summed E-state index contributed by atoms with van der Waals surface area (Å²) < 4.78 is 1.71. The average Bonchev–Trinajstić information content (AvgIpc) is 3.10. The molecular formula is C19H21N5O2. The Morgan fingerprint density at radius 1 is 1.08 bits per heavy atom. The zero-order chi connectivity index (χ0) is 18.5. The third kappa shape index (κ3) is 4.24. The zero-order valence-electron chi connectivity index (χ0n) is 14.8. The van der Waals surface area contributed by atoms with E-state index in [1.807, 2.05) is 24.3 Å². The maximum atomic E-state index is 12.2. The summed E-state index contributed by atoms with van der Waals surface area (Å²) in [6.45, 7) is 0.537. The molecule has 0 spiro atoms. The number of likely N-dealkylation sites (N-methyl/N-ethyl adjacent to an activating group) is 1. The summed E-state index contributed by atoms with van der Waals surface area (Å²) in [5.41, 5.74) is 3.36. The zero-order valence-corrected chi connectivity index (χ0v) is 14.8. The lowest BCUT2D eigenvalue weighted by Crippen LogP contribution is -2.26. The molecule has 1 N–H and O–H groups in total. The molecule has 0 aliphatic carbocycles. The topological polar surface area (TPSA) is 79.6 Å². The van der Waals surface area contributed by atoms with Crippen LogP contribution in [0.25, 0.3) is 5.65 Å². The minimum atomic E-state index is -0.131. The first-order valence-electron chi connectivity index (χ1n) is 8.38. The number of pyridine rings is 1. The van der Waals surface area contributed by atoms with E-state index in [1.165, 1.54) is 0 Å². The molecule has 0 saturated carbocycles. The van der Waals surface area contributed by atoms with Crippen LogP contribution in [-0.4, -0.2) is 52.0 Å². The van der Waals surface area contributed by atoms with E-state index in [0.29, 0.717) is 24.2 Å². The van der Waals surface area contributed by atoms with Crippen molar-refractivity contribution in [3.05, 3.63) is 65.6 Å². The molecule has 7 heteroatoms. The highest BCUT2D eigenvalue weighted by molar-refractivity contribution is 5.94. The Morgan fingerprint density at radius 2 is 1.81 bits per heavy atom. The molecule has 0 fully saturated rings. The first kappa shape index (κ1) is 17.6. The Bertz CT molecular complexity index is 915. The fourth-order valence-corrected chi connectivity index (χ4v) is 2.54. The first-order valence-corrected chi connectivity index (χ1v) is 8.38. The number of nitrogens with one attached hydrogen (secondary N) is 1. The van der Waals surface area contributed by atoms with Crippen LogP contribution < -0.4 is 5.32 Å². The predicted molar refractivity (Wildman–Crippen MR) is 97.9 cm³/mol. The van der Waals surface area contributed by atoms with Gasteiger partial charge in [-0.2, -0.15) is 0 Å². The fraction of sp³-hybridized carbons (Fsp3) is 0.263. The Balaban J connectivity index is 1.51. The number of benzene rings is 1. The average molecular weight is 351 g/mol. The van der Waals surface area contributed by atoms with Gasteiger partial charge in [0.2, 0.25) is 5.91 Å². The Kier molecular flexibility index (Phi) is 5.26. The summed E-state index contributed by atoms with van der Waals surface area (Å²) >= 11 is 0. The monoisotopic (exact) mass is 351 g/mol. The molecule has 0 radical (unpaired) electrons. The van der Waals surface area contributed by atoms with Gasteiger partial charge in [0.15, 0.2) is 5.65 Å². The number of hydrogen-bond acceptors (Lipinski definition) is 4. The molecule has 2 aromatic heterocycles. The number of carbonyl (C=O) groups is 2. The van der Waals surface area contributed by atoms with Crippen molar-refractivity contribution >= 4 is 17.5 Å². The van der Waals surface area contributed by atoms with E-state index in [4.69, 9.17) is 0 Å². The van der Waals surface area contributed by atoms with Gasteiger partial charge < -0.3 is 10.2 Å². The van der Waals surface area contributed by atoms with Crippen LogP contribution in [0.5, 0.6) is 0 Å². The van der Waals surface area contributed by atoms with Crippen LogP contribution in [0, 0.1) is 0 Å². The third-order valence-corrected chi connectivity index (χ3v) is 4.13. The molecule has 26 heavy (non-hydrogen) atoms. The van der Waals surface area contributed by atoms with Gasteiger partial charge in [0, 0.05) is 26.8 Å². The Hall–Kier alpha value is -3.22. The normalized spacial score (nSPS) is 10.7. The molecule has 7 nitrogen and oxygen atoms in total. The SMILES string of the molecule is CN(C)C(=O)Cc1ccc(CCNC(=O)c2ccc3nncn3c2)cc1. The largest absolute Gasteiger partial charge is 0.352 e. The highest BCUT2D eigenvalue weighted by Crippen LogP contribution is 2.07. The van der Waals surface area contributed by atoms with Crippen LogP contribution in [-0.2, 0) is 17.6 Å². The molecule has 0 bridgehead atoms. The number of rotatable bonds is 6. The van der Waals surface area contributed by atoms with Gasteiger partial charge in [-0.05, 0) is 29.7 Å². The van der Waals surface area contributed by atoms with Crippen LogP contribution in [0.2, 0.25) is 0 Å². The second kappa shape index (κ2) is 7.77. The minimum absolute atomic E-state index is 0.0788. The summed E-state index contributed by atoms with van der Waals surface area (Å²) in [5.74, 6) is -0.0520. The summed E-state index contributed by atoms with van der Waals surface area (Å²) in [5, 5.41) is 10.6. The molecule has 0 atom stereocenters. The number of amides is 2. The quantitative estimate of drug-likeness (QED) is 0.727. The molecule has 3 aromatic rings. The third-order valence-electron chi connectivity index (χ3n) is 4.13. The van der Waals surface area contributed by atoms with E-state index in [-0.39, 0.29) is 11.8 Å². The number of nitrogens with zero attached hydrogens (tertiary/aromatic N) is 4. The van der Waals surface area contributed by atoms with Gasteiger partial charge in [0.25, 0.3) is 5.91 Å². The lowest BCUT2D eigenvalue weighted by atomic mass is 10.1. The predicted octanol–water partition coefficient (Wildman–Crippen LogP) is 1.33. The van der Waals surface area contributed by atoms with Gasteiger partial charge in [-0.1, -0.05) is 24.3 Å². The van der Waals surface area contributed by atoms with Crippen molar-refractivity contribution in [3.8, 4) is 0 Å². The van der Waals surface area contributed by atoms with Crippen molar-refractivity contribution in [1.82, 2.24) is 24.8 Å². The van der Waals surface area contributed by atoms with Crippen molar-refractivity contribution in [2.75, 3.05) is 20.6 Å². The molecule has 134 valence electrons. The summed E-state index contributed by atoms with van der Waals surface area (Å²) in [6.07, 6.45) is 4.40. The summed E-state index contributed by atoms with van der Waals surface area (Å²) in [4.78, 5) is 25.5. The van der Waals surface area contributed by atoms with E-state index < -0.39 is 0 Å². The van der Waals surface area contributed by atoms with Crippen LogP contribution >= 0.6 is 0 Å². The van der Waals surface area contributed by atoms with Crippen LogP contribution in [0.15, 0.2) is 48.9 Å². The molecule has 1 aromatic carbocycles. The maximum Gasteiger partial charge on any atom is 0.252 e. The number of aromatic nitrogens is 3. The lowest BCUT2D eigenvalue weighted by molar-refractivity contribution is -0.127. The standard InChI is InChI=1S/C19H21N5O2/c1-23(2)18(25)11-15-5-3-14(4-6-15)9-10-20-19(26)16-7-8-17-22-21-13-24(17)12-16/h3-8,12-13H,9-11H2,1-2H3,(H,20,26). The Labute approximate surface area is 151 Å². The van der Waals surface area contributed by atoms with Crippen molar-refractivity contribution in [2.24, 2.45) is 0 Å². The molecule has 0 aliphatic heterocycles. The second-order valence-corrected chi connectivity index (χ2v) is 6.30. The van der Waals surface area contributed by atoms with Gasteiger partial charge in [0.05, 0.1) is 12.0 Å². The number of carbonyl (C=O) groups excluding carboxylic acids is 2. The molecule has 0 saturated heterocycles. The van der Waals surface area contributed by atoms with E-state index in [0.717, 1.165) is 17.5 Å². The highest BCUT2D eigenvalue weighted by Gasteiger charge is 2.08. The lowest BCUT2D eigenvalue weighted by Gasteiger charge is -2.10. The number of hydrogen-bond donors (Lipinski definition) is 1. The Morgan fingerprint density at radius 3 is 2.54 bits per heavy atom. The van der Waals surface area contributed by atoms with Crippen LogP contribution in [0.4, 0.5) is 0 Å². The van der Waals surface area contributed by atoms with Crippen molar-refractivity contribution < 1.29 is 9.59 Å². The molecule has 0 aliphatic rings. The van der Waals surface area contributed by atoms with Gasteiger partial charge in [0.1, 0.15) is 6.33 Å². The molecule has 3 rings (SSSR count). The van der Waals surface area contributed by atoms with Gasteiger partial charge >= 0.3 is 0 Å². The summed E-state index contributed by atoms with van der Waals surface area (Å²) in [6, 6.07) is 11.4. The molecule has 2 amide bonds. The molecule has 0 unspecified atom stereocenters. The fourth-order valence-electron chi connectivity index (χ4n) is 2.54. The highest BCUT2D eigenvalue weighted by atomic mass is 16.2. The second-order valence-electron chi connectivity index (χ2n) is 6.30. The van der Waals surface area contributed by atoms with Gasteiger partial charge in [-0.15, -0.1) is 10.2 Å². The maximum absolute atomic E-state index is 12.2. The van der Waals surface area contributed by atoms with E-state index in [9.17, 15) is 9.59 Å².